The summed E-state index contributed by atoms with van der Waals surface area (Å²) in [6, 6.07) is 10.3. The van der Waals surface area contributed by atoms with Crippen LogP contribution in [0.2, 0.25) is 0 Å². The minimum absolute atomic E-state index is 0.00601. The molecule has 3 fully saturated rings. The van der Waals surface area contributed by atoms with E-state index in [1.807, 2.05) is 24.6 Å². The highest BCUT2D eigenvalue weighted by Crippen LogP contribution is 2.35. The zero-order chi connectivity index (χ0) is 28.7. The van der Waals surface area contributed by atoms with Crippen molar-refractivity contribution in [3.05, 3.63) is 58.9 Å². The van der Waals surface area contributed by atoms with E-state index in [-0.39, 0.29) is 47.2 Å². The van der Waals surface area contributed by atoms with Gasteiger partial charge in [-0.2, -0.15) is 0 Å². The van der Waals surface area contributed by atoms with Crippen molar-refractivity contribution >= 4 is 28.8 Å². The fraction of sp³-hybridized carbons (Fsp3) is 0.500. The first-order valence-corrected chi connectivity index (χ1v) is 14.6. The van der Waals surface area contributed by atoms with Gasteiger partial charge in [0.2, 0.25) is 5.91 Å². The molecular formula is C30H36FN7O3. The van der Waals surface area contributed by atoms with E-state index >= 15 is 0 Å². The molecule has 2 aliphatic heterocycles. The lowest BCUT2D eigenvalue weighted by atomic mass is 9.72. The molecule has 1 aromatic heterocycles. The molecule has 0 radical (unpaired) electrons. The van der Waals surface area contributed by atoms with Crippen LogP contribution in [0.5, 0.6) is 0 Å². The average molecular weight is 562 g/mol. The summed E-state index contributed by atoms with van der Waals surface area (Å²) in [6.07, 6.45) is 4.64. The second kappa shape index (κ2) is 11.2. The highest BCUT2D eigenvalue weighted by atomic mass is 19.1. The molecule has 3 heterocycles. The van der Waals surface area contributed by atoms with Crippen molar-refractivity contribution in [1.82, 2.24) is 35.6 Å². The fourth-order valence-corrected chi connectivity index (χ4v) is 6.57. The van der Waals surface area contributed by atoms with Gasteiger partial charge in [0, 0.05) is 49.7 Å². The minimum atomic E-state index is -0.555. The van der Waals surface area contributed by atoms with Gasteiger partial charge in [0.25, 0.3) is 11.8 Å². The van der Waals surface area contributed by atoms with Crippen LogP contribution < -0.4 is 10.9 Å². The predicted molar refractivity (Wildman–Crippen MR) is 150 cm³/mol. The smallest absolute Gasteiger partial charge is 0.256 e. The molecule has 1 saturated carbocycles. The maximum absolute atomic E-state index is 14.9. The molecule has 3 aliphatic rings. The number of nitrogens with zero attached hydrogens (tertiary/aromatic N) is 5. The summed E-state index contributed by atoms with van der Waals surface area (Å²) in [5.74, 6) is -0.761. The first kappa shape index (κ1) is 27.3. The van der Waals surface area contributed by atoms with E-state index in [0.717, 1.165) is 36.8 Å². The number of hydrazine groups is 1. The number of carbonyl (C=O) groups is 3. The van der Waals surface area contributed by atoms with Crippen LogP contribution in [0.1, 0.15) is 71.9 Å². The van der Waals surface area contributed by atoms with Crippen LogP contribution in [0.15, 0.2) is 36.4 Å². The van der Waals surface area contributed by atoms with E-state index in [2.05, 4.69) is 21.2 Å². The lowest BCUT2D eigenvalue weighted by Crippen LogP contribution is -2.60. The third-order valence-electron chi connectivity index (χ3n) is 8.83. The Morgan fingerprint density at radius 3 is 2.49 bits per heavy atom. The van der Waals surface area contributed by atoms with E-state index in [1.165, 1.54) is 6.07 Å². The molecule has 0 bridgehead atoms. The lowest BCUT2D eigenvalue weighted by molar-refractivity contribution is -0.133. The normalized spacial score (nSPS) is 23.0. The van der Waals surface area contributed by atoms with Crippen molar-refractivity contribution < 1.29 is 18.8 Å². The summed E-state index contributed by atoms with van der Waals surface area (Å²) in [5.41, 5.74) is 8.93. The SMILES string of the molecule is CC(C)n1nnc2cc(C(=O)N3CCN(C(=O)c4cc(CC5NNC(=O)C6CCCCC56)ccc4F)CC3)ccc21. The first-order chi connectivity index (χ1) is 19.8. The quantitative estimate of drug-likeness (QED) is 0.495. The second-order valence-electron chi connectivity index (χ2n) is 11.7. The minimum Gasteiger partial charge on any atom is -0.335 e. The molecule has 11 heteroatoms. The molecule has 3 atom stereocenters. The van der Waals surface area contributed by atoms with E-state index < -0.39 is 5.82 Å². The number of hydrogen-bond acceptors (Lipinski definition) is 6. The van der Waals surface area contributed by atoms with Gasteiger partial charge in [0.1, 0.15) is 11.3 Å². The molecule has 2 saturated heterocycles. The number of rotatable bonds is 5. The highest BCUT2D eigenvalue weighted by molar-refractivity contribution is 5.98. The largest absolute Gasteiger partial charge is 0.335 e. The van der Waals surface area contributed by atoms with Crippen LogP contribution in [0.4, 0.5) is 4.39 Å². The summed E-state index contributed by atoms with van der Waals surface area (Å²) < 4.78 is 16.7. The molecule has 3 unspecified atom stereocenters. The predicted octanol–water partition coefficient (Wildman–Crippen LogP) is 3.10. The molecular weight excluding hydrogens is 525 g/mol. The maximum atomic E-state index is 14.9. The Hall–Kier alpha value is -3.86. The van der Waals surface area contributed by atoms with Gasteiger partial charge in [-0.25, -0.2) is 14.5 Å². The molecule has 6 rings (SSSR count). The third kappa shape index (κ3) is 5.30. The lowest BCUT2D eigenvalue weighted by Gasteiger charge is -2.41. The maximum Gasteiger partial charge on any atom is 0.256 e. The van der Waals surface area contributed by atoms with Gasteiger partial charge in [-0.05, 0) is 74.9 Å². The number of fused-ring (bicyclic) bond motifs is 2. The zero-order valence-corrected chi connectivity index (χ0v) is 23.5. The summed E-state index contributed by atoms with van der Waals surface area (Å²) in [4.78, 5) is 42.2. The molecule has 2 N–H and O–H groups in total. The summed E-state index contributed by atoms with van der Waals surface area (Å²) >= 11 is 0. The topological polar surface area (TPSA) is 112 Å². The Morgan fingerprint density at radius 1 is 1.00 bits per heavy atom. The molecule has 216 valence electrons. The van der Waals surface area contributed by atoms with Gasteiger partial charge in [0.15, 0.2) is 0 Å². The van der Waals surface area contributed by atoms with E-state index in [9.17, 15) is 18.8 Å². The van der Waals surface area contributed by atoms with Crippen molar-refractivity contribution in [2.75, 3.05) is 26.2 Å². The summed E-state index contributed by atoms with van der Waals surface area (Å²) in [6.45, 7) is 5.40. The van der Waals surface area contributed by atoms with Crippen molar-refractivity contribution in [2.24, 2.45) is 11.8 Å². The molecule has 1 aliphatic carbocycles. The number of benzene rings is 2. The Balaban J connectivity index is 1.10. The van der Waals surface area contributed by atoms with Crippen LogP contribution in [-0.4, -0.2) is 74.7 Å². The van der Waals surface area contributed by atoms with Crippen molar-refractivity contribution in [1.29, 1.82) is 0 Å². The Bertz CT molecular complexity index is 1480. The van der Waals surface area contributed by atoms with Gasteiger partial charge in [-0.15, -0.1) is 5.10 Å². The number of nitrogens with one attached hydrogen (secondary N) is 2. The van der Waals surface area contributed by atoms with E-state index in [1.54, 1.807) is 34.1 Å². The molecule has 3 amide bonds. The van der Waals surface area contributed by atoms with Crippen molar-refractivity contribution in [3.63, 3.8) is 0 Å². The van der Waals surface area contributed by atoms with E-state index in [4.69, 9.17) is 0 Å². The summed E-state index contributed by atoms with van der Waals surface area (Å²) in [5, 5.41) is 8.38. The third-order valence-corrected chi connectivity index (χ3v) is 8.83. The highest BCUT2D eigenvalue weighted by Gasteiger charge is 2.40. The Kier molecular flexibility index (Phi) is 7.46. The molecule has 0 spiro atoms. The Labute approximate surface area is 238 Å². The first-order valence-electron chi connectivity index (χ1n) is 14.6. The molecule has 2 aromatic carbocycles. The number of halogens is 1. The zero-order valence-electron chi connectivity index (χ0n) is 23.5. The van der Waals surface area contributed by atoms with Crippen LogP contribution in [-0.2, 0) is 11.2 Å². The van der Waals surface area contributed by atoms with Gasteiger partial charge in [0.05, 0.1) is 11.1 Å². The summed E-state index contributed by atoms with van der Waals surface area (Å²) in [7, 11) is 0. The average Bonchev–Trinajstić information content (AvgIpc) is 3.43. The standard InChI is InChI=1S/C30H36FN7O3/c1-18(2)38-27-10-8-20(17-26(27)33-35-38)29(40)36-11-13-37(14-12-36)30(41)23-15-19(7-9-24(23)31)16-25-21-5-3-4-6-22(21)28(39)34-32-25/h7-10,15,17-18,21-22,25,32H,3-6,11-14,16H2,1-2H3,(H,34,39). The molecule has 41 heavy (non-hydrogen) atoms. The number of amides is 3. The van der Waals surface area contributed by atoms with Crippen molar-refractivity contribution in [2.45, 2.75) is 58.0 Å². The van der Waals surface area contributed by atoms with Crippen LogP contribution >= 0.6 is 0 Å². The van der Waals surface area contributed by atoms with E-state index in [0.29, 0.717) is 43.7 Å². The van der Waals surface area contributed by atoms with Crippen molar-refractivity contribution in [3.8, 4) is 0 Å². The Morgan fingerprint density at radius 2 is 1.73 bits per heavy atom. The number of carbonyl (C=O) groups excluding carboxylic acids is 3. The number of hydrogen-bond donors (Lipinski definition) is 2. The van der Waals surface area contributed by atoms with Crippen LogP contribution in [0.25, 0.3) is 11.0 Å². The monoisotopic (exact) mass is 561 g/mol. The fourth-order valence-electron chi connectivity index (χ4n) is 6.57. The van der Waals surface area contributed by atoms with Gasteiger partial charge in [-0.1, -0.05) is 24.1 Å². The van der Waals surface area contributed by atoms with Crippen LogP contribution in [0.3, 0.4) is 0 Å². The second-order valence-corrected chi connectivity index (χ2v) is 11.7. The number of aromatic nitrogens is 3. The van der Waals surface area contributed by atoms with Gasteiger partial charge < -0.3 is 9.80 Å². The molecule has 3 aromatic rings. The number of piperazine rings is 1. The van der Waals surface area contributed by atoms with Crippen LogP contribution in [0, 0.1) is 17.7 Å². The molecule has 10 nitrogen and oxygen atoms in total. The van der Waals surface area contributed by atoms with Gasteiger partial charge in [-0.3, -0.25) is 19.8 Å². The van der Waals surface area contributed by atoms with Gasteiger partial charge >= 0.3 is 0 Å².